The number of hydrogen-bond donors (Lipinski definition) is 1. The van der Waals surface area contributed by atoms with Crippen LogP contribution in [-0.4, -0.2) is 24.7 Å². The van der Waals surface area contributed by atoms with E-state index in [0.29, 0.717) is 6.04 Å². The summed E-state index contributed by atoms with van der Waals surface area (Å²) >= 11 is 1.88. The first-order valence-electron chi connectivity index (χ1n) is 6.64. The third-order valence-electron chi connectivity index (χ3n) is 3.11. The van der Waals surface area contributed by atoms with Crippen LogP contribution in [-0.2, 0) is 17.6 Å². The highest BCUT2D eigenvalue weighted by Gasteiger charge is 2.23. The van der Waals surface area contributed by atoms with Crippen molar-refractivity contribution < 1.29 is 4.74 Å². The Balaban J connectivity index is 2.02. The molecule has 1 N–H and O–H groups in total. The van der Waals surface area contributed by atoms with Crippen LogP contribution < -0.4 is 5.32 Å². The number of thiazole rings is 1. The summed E-state index contributed by atoms with van der Waals surface area (Å²) in [5.74, 6) is 0. The molecule has 1 aliphatic rings. The SMILES string of the molecule is CCNC1CCCc2nc(CCOCC)sc21. The van der Waals surface area contributed by atoms with Crippen molar-refractivity contribution in [1.82, 2.24) is 10.3 Å². The quantitative estimate of drug-likeness (QED) is 0.793. The van der Waals surface area contributed by atoms with Gasteiger partial charge >= 0.3 is 0 Å². The molecule has 0 saturated heterocycles. The van der Waals surface area contributed by atoms with Crippen LogP contribution in [0.1, 0.15) is 48.3 Å². The van der Waals surface area contributed by atoms with Crippen molar-refractivity contribution in [2.45, 2.75) is 45.6 Å². The third-order valence-corrected chi connectivity index (χ3v) is 4.38. The number of fused-ring (bicyclic) bond motifs is 1. The van der Waals surface area contributed by atoms with Crippen LogP contribution in [0, 0.1) is 0 Å². The Morgan fingerprint density at radius 3 is 3.12 bits per heavy atom. The molecule has 0 amide bonds. The largest absolute Gasteiger partial charge is 0.381 e. The summed E-state index contributed by atoms with van der Waals surface area (Å²) in [7, 11) is 0. The van der Waals surface area contributed by atoms with E-state index in [2.05, 4.69) is 12.2 Å². The molecule has 1 aliphatic carbocycles. The van der Waals surface area contributed by atoms with E-state index in [1.165, 1.54) is 28.4 Å². The molecule has 0 radical (unpaired) electrons. The fraction of sp³-hybridized carbons (Fsp3) is 0.769. The molecule has 1 heterocycles. The van der Waals surface area contributed by atoms with Gasteiger partial charge in [-0.15, -0.1) is 11.3 Å². The predicted octanol–water partition coefficient (Wildman–Crippen LogP) is 2.71. The molecule has 0 saturated carbocycles. The van der Waals surface area contributed by atoms with Crippen LogP contribution in [0.25, 0.3) is 0 Å². The molecule has 3 nitrogen and oxygen atoms in total. The van der Waals surface area contributed by atoms with Crippen molar-refractivity contribution in [1.29, 1.82) is 0 Å². The molecule has 1 atom stereocenters. The highest BCUT2D eigenvalue weighted by atomic mass is 32.1. The summed E-state index contributed by atoms with van der Waals surface area (Å²) in [5.41, 5.74) is 1.33. The first kappa shape index (κ1) is 13.0. The number of nitrogens with one attached hydrogen (secondary N) is 1. The molecule has 4 heteroatoms. The molecule has 2 rings (SSSR count). The molecule has 0 spiro atoms. The van der Waals surface area contributed by atoms with E-state index in [-0.39, 0.29) is 0 Å². The predicted molar refractivity (Wildman–Crippen MR) is 71.7 cm³/mol. The normalized spacial score (nSPS) is 19.3. The number of nitrogens with zero attached hydrogens (tertiary/aromatic N) is 1. The Morgan fingerprint density at radius 1 is 1.47 bits per heavy atom. The summed E-state index contributed by atoms with van der Waals surface area (Å²) in [5, 5.41) is 4.80. The minimum atomic E-state index is 0.544. The van der Waals surface area contributed by atoms with Crippen LogP contribution >= 0.6 is 11.3 Å². The molecule has 17 heavy (non-hydrogen) atoms. The highest BCUT2D eigenvalue weighted by molar-refractivity contribution is 7.11. The van der Waals surface area contributed by atoms with Crippen molar-refractivity contribution in [3.05, 3.63) is 15.6 Å². The Hall–Kier alpha value is -0.450. The number of ether oxygens (including phenoxy) is 1. The highest BCUT2D eigenvalue weighted by Crippen LogP contribution is 2.34. The van der Waals surface area contributed by atoms with Crippen LogP contribution in [0.3, 0.4) is 0 Å². The molecule has 1 aromatic rings. The molecule has 1 aromatic heterocycles. The lowest BCUT2D eigenvalue weighted by Gasteiger charge is -2.21. The van der Waals surface area contributed by atoms with Crippen molar-refractivity contribution >= 4 is 11.3 Å². The second-order valence-corrected chi connectivity index (χ2v) is 5.48. The van der Waals surface area contributed by atoms with Gasteiger partial charge in [-0.25, -0.2) is 4.98 Å². The van der Waals surface area contributed by atoms with Crippen molar-refractivity contribution in [3.8, 4) is 0 Å². The maximum Gasteiger partial charge on any atom is 0.0954 e. The average Bonchev–Trinajstić information content (AvgIpc) is 2.74. The molecule has 0 bridgehead atoms. The number of aromatic nitrogens is 1. The molecule has 0 aromatic carbocycles. The lowest BCUT2D eigenvalue weighted by molar-refractivity contribution is 0.151. The van der Waals surface area contributed by atoms with Crippen LogP contribution in [0.5, 0.6) is 0 Å². The molecule has 1 unspecified atom stereocenters. The number of rotatable bonds is 6. The Kier molecular flexibility index (Phi) is 4.95. The smallest absolute Gasteiger partial charge is 0.0954 e. The maximum absolute atomic E-state index is 5.39. The van der Waals surface area contributed by atoms with Gasteiger partial charge in [0.05, 0.1) is 17.3 Å². The van der Waals surface area contributed by atoms with Gasteiger partial charge in [0, 0.05) is 23.9 Å². The van der Waals surface area contributed by atoms with Crippen molar-refractivity contribution in [3.63, 3.8) is 0 Å². The van der Waals surface area contributed by atoms with Gasteiger partial charge in [0.2, 0.25) is 0 Å². The van der Waals surface area contributed by atoms with E-state index in [1.54, 1.807) is 0 Å². The van der Waals surface area contributed by atoms with E-state index in [1.807, 2.05) is 18.3 Å². The van der Waals surface area contributed by atoms with Gasteiger partial charge in [0.25, 0.3) is 0 Å². The van der Waals surface area contributed by atoms with E-state index in [4.69, 9.17) is 9.72 Å². The third kappa shape index (κ3) is 3.27. The van der Waals surface area contributed by atoms with Gasteiger partial charge in [-0.2, -0.15) is 0 Å². The van der Waals surface area contributed by atoms with E-state index in [9.17, 15) is 0 Å². The summed E-state index contributed by atoms with van der Waals surface area (Å²) in [6.07, 6.45) is 4.64. The second-order valence-electron chi connectivity index (χ2n) is 4.37. The van der Waals surface area contributed by atoms with Crippen molar-refractivity contribution in [2.75, 3.05) is 19.8 Å². The second kappa shape index (κ2) is 6.47. The van der Waals surface area contributed by atoms with E-state index < -0.39 is 0 Å². The Labute approximate surface area is 108 Å². The standard InChI is InChI=1S/C13H22N2OS/c1-3-14-10-6-5-7-11-13(10)17-12(15-11)8-9-16-4-2/h10,14H,3-9H2,1-2H3. The van der Waals surface area contributed by atoms with Gasteiger partial charge in [-0.1, -0.05) is 6.92 Å². The molecular formula is C13H22N2OS. The lowest BCUT2D eigenvalue weighted by atomic mass is 9.98. The first-order chi connectivity index (χ1) is 8.35. The van der Waals surface area contributed by atoms with Crippen molar-refractivity contribution in [2.24, 2.45) is 0 Å². The zero-order chi connectivity index (χ0) is 12.1. The summed E-state index contributed by atoms with van der Waals surface area (Å²) in [6.45, 7) is 6.84. The number of hydrogen-bond acceptors (Lipinski definition) is 4. The molecule has 0 fully saturated rings. The van der Waals surface area contributed by atoms with E-state index in [0.717, 1.165) is 32.6 Å². The van der Waals surface area contributed by atoms with Crippen LogP contribution in [0.4, 0.5) is 0 Å². The maximum atomic E-state index is 5.39. The van der Waals surface area contributed by atoms with E-state index >= 15 is 0 Å². The average molecular weight is 254 g/mol. The fourth-order valence-electron chi connectivity index (χ4n) is 2.32. The van der Waals surface area contributed by atoms with Crippen LogP contribution in [0.2, 0.25) is 0 Å². The monoisotopic (exact) mass is 254 g/mol. The minimum absolute atomic E-state index is 0.544. The first-order valence-corrected chi connectivity index (χ1v) is 7.46. The molecule has 96 valence electrons. The lowest BCUT2D eigenvalue weighted by Crippen LogP contribution is -2.23. The topological polar surface area (TPSA) is 34.2 Å². The van der Waals surface area contributed by atoms with Gasteiger partial charge in [0.15, 0.2) is 0 Å². The van der Waals surface area contributed by atoms with Gasteiger partial charge < -0.3 is 10.1 Å². The number of aryl methyl sites for hydroxylation is 1. The minimum Gasteiger partial charge on any atom is -0.381 e. The molecular weight excluding hydrogens is 232 g/mol. The zero-order valence-electron chi connectivity index (χ0n) is 10.8. The van der Waals surface area contributed by atoms with Crippen LogP contribution in [0.15, 0.2) is 0 Å². The summed E-state index contributed by atoms with van der Waals surface area (Å²) in [6, 6.07) is 0.544. The van der Waals surface area contributed by atoms with Gasteiger partial charge in [-0.05, 0) is 32.7 Å². The van der Waals surface area contributed by atoms with Gasteiger partial charge in [-0.3, -0.25) is 0 Å². The Morgan fingerprint density at radius 2 is 2.35 bits per heavy atom. The fourth-order valence-corrected chi connectivity index (χ4v) is 3.53. The molecule has 0 aliphatic heterocycles. The Bertz CT molecular complexity index is 351. The van der Waals surface area contributed by atoms with Gasteiger partial charge in [0.1, 0.15) is 0 Å². The zero-order valence-corrected chi connectivity index (χ0v) is 11.6. The summed E-state index contributed by atoms with van der Waals surface area (Å²) < 4.78 is 5.39. The summed E-state index contributed by atoms with van der Waals surface area (Å²) in [4.78, 5) is 6.23.